The summed E-state index contributed by atoms with van der Waals surface area (Å²) in [6, 6.07) is 0. The second kappa shape index (κ2) is 5.67. The molecule has 1 saturated carbocycles. The lowest BCUT2D eigenvalue weighted by atomic mass is 9.71. The third kappa shape index (κ3) is 3.32. The van der Waals surface area contributed by atoms with Crippen molar-refractivity contribution in [2.75, 3.05) is 0 Å². The lowest BCUT2D eigenvalue weighted by molar-refractivity contribution is 0.167. The van der Waals surface area contributed by atoms with Crippen LogP contribution in [-0.2, 0) is 0 Å². The standard InChI is InChI=1S/C13H25/c1-4-5-6-10-13-11(2)8-7-9-12(13)3/h5,11-13H,4,6-10H2,1-3H3. The lowest BCUT2D eigenvalue weighted by Gasteiger charge is -2.34. The van der Waals surface area contributed by atoms with Gasteiger partial charge < -0.3 is 0 Å². The molecule has 0 bridgehead atoms. The predicted octanol–water partition coefficient (Wildman–Crippen LogP) is 4.45. The number of rotatable bonds is 4. The van der Waals surface area contributed by atoms with Crippen LogP contribution in [0.1, 0.15) is 59.3 Å². The van der Waals surface area contributed by atoms with E-state index in [9.17, 15) is 0 Å². The van der Waals surface area contributed by atoms with E-state index in [1.807, 2.05) is 0 Å². The zero-order chi connectivity index (χ0) is 9.68. The van der Waals surface area contributed by atoms with Crippen molar-refractivity contribution in [3.63, 3.8) is 0 Å². The fourth-order valence-electron chi connectivity index (χ4n) is 2.83. The molecule has 0 saturated heterocycles. The monoisotopic (exact) mass is 181 g/mol. The van der Waals surface area contributed by atoms with Crippen LogP contribution in [0.2, 0.25) is 0 Å². The third-order valence-electron chi connectivity index (χ3n) is 3.77. The van der Waals surface area contributed by atoms with Gasteiger partial charge in [0.2, 0.25) is 0 Å². The van der Waals surface area contributed by atoms with E-state index in [1.165, 1.54) is 38.5 Å². The lowest BCUT2D eigenvalue weighted by Crippen LogP contribution is -2.24. The molecule has 1 aliphatic carbocycles. The van der Waals surface area contributed by atoms with Crippen molar-refractivity contribution in [3.05, 3.63) is 6.42 Å². The van der Waals surface area contributed by atoms with Crippen LogP contribution in [0.3, 0.4) is 0 Å². The highest BCUT2D eigenvalue weighted by atomic mass is 14.3. The van der Waals surface area contributed by atoms with Crippen LogP contribution in [0, 0.1) is 24.2 Å². The predicted molar refractivity (Wildman–Crippen MR) is 59.5 cm³/mol. The average Bonchev–Trinajstić information content (AvgIpc) is 2.10. The molecule has 2 unspecified atom stereocenters. The third-order valence-corrected chi connectivity index (χ3v) is 3.77. The van der Waals surface area contributed by atoms with Crippen LogP contribution in [0.4, 0.5) is 0 Å². The molecule has 0 heteroatoms. The van der Waals surface area contributed by atoms with E-state index >= 15 is 0 Å². The normalized spacial score (nSPS) is 34.8. The molecule has 1 rings (SSSR count). The Bertz CT molecular complexity index is 118. The molecule has 0 N–H and O–H groups in total. The van der Waals surface area contributed by atoms with Crippen molar-refractivity contribution >= 4 is 0 Å². The fraction of sp³-hybridized carbons (Fsp3) is 0.923. The summed E-state index contributed by atoms with van der Waals surface area (Å²) in [6.45, 7) is 7.15. The Morgan fingerprint density at radius 2 is 1.77 bits per heavy atom. The van der Waals surface area contributed by atoms with Gasteiger partial charge in [0, 0.05) is 0 Å². The van der Waals surface area contributed by atoms with Crippen LogP contribution in [0.15, 0.2) is 0 Å². The van der Waals surface area contributed by atoms with Crippen molar-refractivity contribution in [3.8, 4) is 0 Å². The molecular formula is C13H25. The molecule has 0 spiro atoms. The first kappa shape index (κ1) is 11.1. The van der Waals surface area contributed by atoms with Crippen molar-refractivity contribution in [2.24, 2.45) is 17.8 Å². The maximum atomic E-state index is 2.45. The molecule has 1 aliphatic rings. The average molecular weight is 181 g/mol. The van der Waals surface area contributed by atoms with E-state index in [1.54, 1.807) is 0 Å². The summed E-state index contributed by atoms with van der Waals surface area (Å²) in [5.41, 5.74) is 0. The van der Waals surface area contributed by atoms with Gasteiger partial charge >= 0.3 is 0 Å². The highest BCUT2D eigenvalue weighted by Crippen LogP contribution is 2.37. The molecule has 0 heterocycles. The number of unbranched alkanes of at least 4 members (excludes halogenated alkanes) is 2. The van der Waals surface area contributed by atoms with Crippen molar-refractivity contribution in [1.29, 1.82) is 0 Å². The van der Waals surface area contributed by atoms with Crippen molar-refractivity contribution < 1.29 is 0 Å². The summed E-state index contributed by atoms with van der Waals surface area (Å²) < 4.78 is 0. The quantitative estimate of drug-likeness (QED) is 0.562. The summed E-state index contributed by atoms with van der Waals surface area (Å²) in [6.07, 6.45) is 10.9. The van der Waals surface area contributed by atoms with Gasteiger partial charge in [-0.15, -0.1) is 0 Å². The minimum absolute atomic E-state index is 0.981. The van der Waals surface area contributed by atoms with E-state index in [-0.39, 0.29) is 0 Å². The van der Waals surface area contributed by atoms with Gasteiger partial charge in [-0.05, 0) is 37.0 Å². The highest BCUT2D eigenvalue weighted by Gasteiger charge is 2.26. The molecular weight excluding hydrogens is 156 g/mol. The molecule has 1 radical (unpaired) electrons. The second-order valence-electron chi connectivity index (χ2n) is 4.82. The van der Waals surface area contributed by atoms with E-state index in [0.29, 0.717) is 0 Å². The van der Waals surface area contributed by atoms with E-state index in [4.69, 9.17) is 0 Å². The second-order valence-corrected chi connectivity index (χ2v) is 4.82. The SMILES string of the molecule is CC[CH]CCC1C(C)CCCC1C. The Morgan fingerprint density at radius 3 is 2.31 bits per heavy atom. The van der Waals surface area contributed by atoms with Gasteiger partial charge in [-0.25, -0.2) is 0 Å². The molecule has 0 nitrogen and oxygen atoms in total. The van der Waals surface area contributed by atoms with Crippen LogP contribution in [0.5, 0.6) is 0 Å². The molecule has 0 aliphatic heterocycles. The van der Waals surface area contributed by atoms with Gasteiger partial charge in [-0.2, -0.15) is 0 Å². The van der Waals surface area contributed by atoms with Crippen LogP contribution >= 0.6 is 0 Å². The van der Waals surface area contributed by atoms with Crippen molar-refractivity contribution in [1.82, 2.24) is 0 Å². The molecule has 77 valence electrons. The smallest absolute Gasteiger partial charge is 0.0363 e. The number of hydrogen-bond acceptors (Lipinski definition) is 0. The topological polar surface area (TPSA) is 0 Å². The summed E-state index contributed by atoms with van der Waals surface area (Å²) in [5, 5.41) is 0. The maximum Gasteiger partial charge on any atom is -0.0363 e. The minimum atomic E-state index is 0.981. The van der Waals surface area contributed by atoms with E-state index < -0.39 is 0 Å². The van der Waals surface area contributed by atoms with Gasteiger partial charge in [0.25, 0.3) is 0 Å². The Balaban J connectivity index is 2.26. The molecule has 0 amide bonds. The largest absolute Gasteiger partial charge is 0.0651 e. The minimum Gasteiger partial charge on any atom is -0.0651 e. The molecule has 13 heavy (non-hydrogen) atoms. The first-order valence-electron chi connectivity index (χ1n) is 6.07. The summed E-state index contributed by atoms with van der Waals surface area (Å²) in [4.78, 5) is 0. The zero-order valence-electron chi connectivity index (χ0n) is 9.55. The van der Waals surface area contributed by atoms with Crippen LogP contribution < -0.4 is 0 Å². The zero-order valence-corrected chi connectivity index (χ0v) is 9.55. The van der Waals surface area contributed by atoms with Gasteiger partial charge in [0.1, 0.15) is 0 Å². The van der Waals surface area contributed by atoms with Crippen molar-refractivity contribution in [2.45, 2.75) is 59.3 Å². The Labute approximate surface area is 84.1 Å². The van der Waals surface area contributed by atoms with E-state index in [0.717, 1.165) is 17.8 Å². The molecule has 1 fully saturated rings. The fourth-order valence-corrected chi connectivity index (χ4v) is 2.83. The Morgan fingerprint density at radius 1 is 1.15 bits per heavy atom. The molecule has 0 aromatic carbocycles. The van der Waals surface area contributed by atoms with Crippen LogP contribution in [0.25, 0.3) is 0 Å². The van der Waals surface area contributed by atoms with E-state index in [2.05, 4.69) is 27.2 Å². The van der Waals surface area contributed by atoms with Crippen LogP contribution in [-0.4, -0.2) is 0 Å². The Kier molecular flexibility index (Phi) is 4.83. The first-order chi connectivity index (χ1) is 6.25. The van der Waals surface area contributed by atoms with Gasteiger partial charge in [-0.1, -0.05) is 46.5 Å². The molecule has 0 aromatic heterocycles. The summed E-state index contributed by atoms with van der Waals surface area (Å²) >= 11 is 0. The summed E-state index contributed by atoms with van der Waals surface area (Å²) in [5.74, 6) is 2.97. The maximum absolute atomic E-state index is 2.45. The Hall–Kier alpha value is 0. The molecule has 0 aromatic rings. The summed E-state index contributed by atoms with van der Waals surface area (Å²) in [7, 11) is 0. The number of hydrogen-bond donors (Lipinski definition) is 0. The first-order valence-corrected chi connectivity index (χ1v) is 6.07. The van der Waals surface area contributed by atoms with Gasteiger partial charge in [-0.3, -0.25) is 0 Å². The highest BCUT2D eigenvalue weighted by molar-refractivity contribution is 4.79. The van der Waals surface area contributed by atoms with Gasteiger partial charge in [0.05, 0.1) is 0 Å². The van der Waals surface area contributed by atoms with Gasteiger partial charge in [0.15, 0.2) is 0 Å². The molecule has 2 atom stereocenters.